The van der Waals surface area contributed by atoms with Gasteiger partial charge in [-0.3, -0.25) is 14.7 Å². The molecule has 5 heteroatoms. The van der Waals surface area contributed by atoms with Crippen LogP contribution in [-0.2, 0) is 11.2 Å². The van der Waals surface area contributed by atoms with Crippen LogP contribution in [-0.4, -0.2) is 46.9 Å². The van der Waals surface area contributed by atoms with Gasteiger partial charge in [0.25, 0.3) is 0 Å². The second-order valence-corrected chi connectivity index (χ2v) is 6.79. The summed E-state index contributed by atoms with van der Waals surface area (Å²) < 4.78 is 0. The van der Waals surface area contributed by atoms with Gasteiger partial charge in [-0.25, -0.2) is 0 Å². The van der Waals surface area contributed by atoms with Crippen molar-refractivity contribution in [3.8, 4) is 0 Å². The minimum atomic E-state index is 0.282. The van der Waals surface area contributed by atoms with Crippen molar-refractivity contribution >= 4 is 17.2 Å². The Bertz CT molecular complexity index is 606. The Labute approximate surface area is 141 Å². The molecule has 1 amide bonds. The van der Waals surface area contributed by atoms with Crippen LogP contribution >= 0.6 is 11.3 Å². The van der Waals surface area contributed by atoms with E-state index in [1.54, 1.807) is 17.5 Å². The van der Waals surface area contributed by atoms with Crippen molar-refractivity contribution in [1.29, 1.82) is 0 Å². The van der Waals surface area contributed by atoms with Gasteiger partial charge in [0.2, 0.25) is 5.91 Å². The van der Waals surface area contributed by atoms with Crippen LogP contribution in [0.5, 0.6) is 0 Å². The summed E-state index contributed by atoms with van der Waals surface area (Å²) in [4.78, 5) is 21.0. The average molecular weight is 329 g/mol. The first-order chi connectivity index (χ1) is 11.2. The summed E-state index contributed by atoms with van der Waals surface area (Å²) >= 11 is 1.69. The van der Waals surface area contributed by atoms with Gasteiger partial charge >= 0.3 is 0 Å². The van der Waals surface area contributed by atoms with E-state index in [1.165, 1.54) is 11.1 Å². The first-order valence-electron chi connectivity index (χ1n) is 8.17. The third-order valence-electron chi connectivity index (χ3n) is 4.59. The van der Waals surface area contributed by atoms with Crippen LogP contribution in [0.25, 0.3) is 0 Å². The zero-order chi connectivity index (χ0) is 16.1. The lowest BCUT2D eigenvalue weighted by molar-refractivity contribution is -0.133. The van der Waals surface area contributed by atoms with E-state index in [2.05, 4.69) is 39.7 Å². The van der Waals surface area contributed by atoms with Crippen molar-refractivity contribution in [1.82, 2.24) is 14.8 Å². The Balaban J connectivity index is 1.47. The molecule has 3 heterocycles. The number of carbonyl (C=O) groups is 1. The van der Waals surface area contributed by atoms with Gasteiger partial charge in [0.05, 0.1) is 0 Å². The molecule has 2 aromatic rings. The van der Waals surface area contributed by atoms with Crippen molar-refractivity contribution < 1.29 is 4.79 Å². The molecule has 0 aromatic carbocycles. The second kappa shape index (κ2) is 7.70. The molecule has 4 nitrogen and oxygen atoms in total. The van der Waals surface area contributed by atoms with Gasteiger partial charge in [-0.15, -0.1) is 0 Å². The molecular weight excluding hydrogens is 306 g/mol. The van der Waals surface area contributed by atoms with Crippen molar-refractivity contribution in [2.45, 2.75) is 25.8 Å². The smallest absolute Gasteiger partial charge is 0.222 e. The molecule has 1 aliphatic rings. The van der Waals surface area contributed by atoms with E-state index in [1.807, 2.05) is 17.2 Å². The van der Waals surface area contributed by atoms with E-state index in [-0.39, 0.29) is 5.91 Å². The van der Waals surface area contributed by atoms with Gasteiger partial charge in [0.1, 0.15) is 0 Å². The van der Waals surface area contributed by atoms with E-state index in [0.717, 1.165) is 32.6 Å². The predicted octanol–water partition coefficient (Wildman–Crippen LogP) is 2.98. The zero-order valence-corrected chi connectivity index (χ0v) is 14.3. The van der Waals surface area contributed by atoms with Crippen LogP contribution in [0.1, 0.15) is 30.5 Å². The minimum Gasteiger partial charge on any atom is -0.340 e. The summed E-state index contributed by atoms with van der Waals surface area (Å²) in [5, 5.41) is 4.19. The number of piperazine rings is 1. The summed E-state index contributed by atoms with van der Waals surface area (Å²) in [5.74, 6) is 0.282. The molecule has 0 unspecified atom stereocenters. The normalized spacial score (nSPS) is 17.2. The van der Waals surface area contributed by atoms with E-state index in [4.69, 9.17) is 0 Å². The van der Waals surface area contributed by atoms with Crippen molar-refractivity contribution in [2.75, 3.05) is 26.2 Å². The van der Waals surface area contributed by atoms with Crippen LogP contribution in [0.15, 0.2) is 41.4 Å². The fourth-order valence-electron chi connectivity index (χ4n) is 3.04. The Kier molecular flexibility index (Phi) is 5.41. The summed E-state index contributed by atoms with van der Waals surface area (Å²) in [6.07, 6.45) is 5.22. The van der Waals surface area contributed by atoms with Gasteiger partial charge in [-0.05, 0) is 47.4 Å². The lowest BCUT2D eigenvalue weighted by atomic mass is 10.1. The fourth-order valence-corrected chi connectivity index (χ4v) is 3.74. The quantitative estimate of drug-likeness (QED) is 0.846. The third kappa shape index (κ3) is 4.18. The van der Waals surface area contributed by atoms with Gasteiger partial charge in [0, 0.05) is 51.0 Å². The molecule has 23 heavy (non-hydrogen) atoms. The number of pyridine rings is 1. The number of rotatable bonds is 5. The van der Waals surface area contributed by atoms with E-state index >= 15 is 0 Å². The summed E-state index contributed by atoms with van der Waals surface area (Å²) in [6.45, 7) is 5.73. The highest BCUT2D eigenvalue weighted by molar-refractivity contribution is 7.07. The second-order valence-electron chi connectivity index (χ2n) is 6.01. The van der Waals surface area contributed by atoms with Crippen LogP contribution in [0, 0.1) is 0 Å². The molecule has 0 N–H and O–H groups in total. The lowest BCUT2D eigenvalue weighted by Crippen LogP contribution is -2.49. The average Bonchev–Trinajstić information content (AvgIpc) is 3.13. The van der Waals surface area contributed by atoms with E-state index in [9.17, 15) is 4.79 Å². The van der Waals surface area contributed by atoms with Crippen LogP contribution in [0.3, 0.4) is 0 Å². The number of hydrogen-bond acceptors (Lipinski definition) is 4. The van der Waals surface area contributed by atoms with Gasteiger partial charge in [-0.2, -0.15) is 11.3 Å². The fraction of sp³-hybridized carbons (Fsp3) is 0.444. The number of aryl methyl sites for hydroxylation is 1. The topological polar surface area (TPSA) is 36.4 Å². The summed E-state index contributed by atoms with van der Waals surface area (Å²) in [6, 6.07) is 6.56. The maximum Gasteiger partial charge on any atom is 0.222 e. The number of amides is 1. The number of hydrogen-bond donors (Lipinski definition) is 0. The molecule has 0 radical (unpaired) electrons. The van der Waals surface area contributed by atoms with Crippen molar-refractivity contribution in [3.63, 3.8) is 0 Å². The van der Waals surface area contributed by atoms with Crippen LogP contribution in [0.2, 0.25) is 0 Å². The monoisotopic (exact) mass is 329 g/mol. The zero-order valence-electron chi connectivity index (χ0n) is 13.5. The molecule has 2 aromatic heterocycles. The number of nitrogens with zero attached hydrogens (tertiary/aromatic N) is 3. The Morgan fingerprint density at radius 3 is 2.78 bits per heavy atom. The molecule has 1 aliphatic heterocycles. The number of thiophene rings is 1. The highest BCUT2D eigenvalue weighted by atomic mass is 32.1. The number of carbonyl (C=O) groups excluding carboxylic acids is 1. The minimum absolute atomic E-state index is 0.282. The summed E-state index contributed by atoms with van der Waals surface area (Å²) in [7, 11) is 0. The molecular formula is C18H23N3OS. The maximum atomic E-state index is 12.3. The van der Waals surface area contributed by atoms with E-state index in [0.29, 0.717) is 12.5 Å². The van der Waals surface area contributed by atoms with Gasteiger partial charge in [0.15, 0.2) is 0 Å². The number of aromatic nitrogens is 1. The molecule has 3 rings (SSSR count). The highest BCUT2D eigenvalue weighted by Crippen LogP contribution is 2.21. The first kappa shape index (κ1) is 16.1. The maximum absolute atomic E-state index is 12.3. The standard InChI is InChI=1S/C18H23N3OS/c1-15(17-3-2-7-19-13-17)20-8-10-21(11-9-20)18(22)5-4-16-6-12-23-14-16/h2-3,6-7,12-15H,4-5,8-11H2,1H3/t15-/m1/s1. The van der Waals surface area contributed by atoms with E-state index < -0.39 is 0 Å². The molecule has 1 saturated heterocycles. The third-order valence-corrected chi connectivity index (χ3v) is 5.32. The van der Waals surface area contributed by atoms with Gasteiger partial charge in [-0.1, -0.05) is 6.07 Å². The Morgan fingerprint density at radius 1 is 1.30 bits per heavy atom. The summed E-state index contributed by atoms with van der Waals surface area (Å²) in [5.41, 5.74) is 2.51. The molecule has 1 atom stereocenters. The largest absolute Gasteiger partial charge is 0.340 e. The predicted molar refractivity (Wildman–Crippen MR) is 93.4 cm³/mol. The first-order valence-corrected chi connectivity index (χ1v) is 9.11. The SMILES string of the molecule is C[C@H](c1cccnc1)N1CCN(C(=O)CCc2ccsc2)CC1. The molecule has 0 bridgehead atoms. The lowest BCUT2D eigenvalue weighted by Gasteiger charge is -2.38. The Morgan fingerprint density at radius 2 is 2.13 bits per heavy atom. The Hall–Kier alpha value is -1.72. The molecule has 122 valence electrons. The van der Waals surface area contributed by atoms with Gasteiger partial charge < -0.3 is 4.90 Å². The van der Waals surface area contributed by atoms with Crippen molar-refractivity contribution in [3.05, 3.63) is 52.5 Å². The van der Waals surface area contributed by atoms with Crippen molar-refractivity contribution in [2.24, 2.45) is 0 Å². The van der Waals surface area contributed by atoms with Crippen LogP contribution in [0.4, 0.5) is 0 Å². The molecule has 0 saturated carbocycles. The molecule has 0 spiro atoms. The molecule has 0 aliphatic carbocycles. The van der Waals surface area contributed by atoms with Crippen LogP contribution < -0.4 is 0 Å². The highest BCUT2D eigenvalue weighted by Gasteiger charge is 2.24. The molecule has 1 fully saturated rings.